The van der Waals surface area contributed by atoms with Crippen LogP contribution in [0, 0.1) is 11.3 Å². The quantitative estimate of drug-likeness (QED) is 0.460. The topological polar surface area (TPSA) is 81.9 Å². The Morgan fingerprint density at radius 1 is 1.14 bits per heavy atom. The van der Waals surface area contributed by atoms with Crippen LogP contribution in [-0.4, -0.2) is 34.7 Å². The number of para-hydroxylation sites is 2. The predicted octanol–water partition coefficient (Wildman–Crippen LogP) is 4.10. The number of anilines is 2. The molecule has 1 heterocycles. The maximum absolute atomic E-state index is 12.8. The maximum Gasteiger partial charge on any atom is 0.237 e. The van der Waals surface area contributed by atoms with Crippen molar-refractivity contribution in [2.45, 2.75) is 18.5 Å². The Morgan fingerprint density at radius 3 is 2.64 bits per heavy atom. The van der Waals surface area contributed by atoms with Crippen LogP contribution in [0.1, 0.15) is 13.3 Å². The lowest BCUT2D eigenvalue weighted by Gasteiger charge is -2.21. The highest BCUT2D eigenvalue weighted by Gasteiger charge is 2.17. The van der Waals surface area contributed by atoms with Crippen LogP contribution in [0.5, 0.6) is 0 Å². The summed E-state index contributed by atoms with van der Waals surface area (Å²) in [6.07, 6.45) is 0.280. The van der Waals surface area contributed by atoms with Gasteiger partial charge in [-0.15, -0.1) is 0 Å². The van der Waals surface area contributed by atoms with E-state index in [0.717, 1.165) is 29.0 Å². The zero-order valence-corrected chi connectivity index (χ0v) is 16.4. The van der Waals surface area contributed by atoms with Crippen molar-refractivity contribution in [2.75, 3.05) is 29.1 Å². The Labute approximate surface area is 168 Å². The summed E-state index contributed by atoms with van der Waals surface area (Å²) < 4.78 is 0. The van der Waals surface area contributed by atoms with Crippen LogP contribution >= 0.6 is 11.8 Å². The van der Waals surface area contributed by atoms with Crippen molar-refractivity contribution in [2.24, 2.45) is 0 Å². The summed E-state index contributed by atoms with van der Waals surface area (Å²) in [7, 11) is 0. The van der Waals surface area contributed by atoms with Crippen LogP contribution in [-0.2, 0) is 4.79 Å². The molecule has 3 aromatic rings. The van der Waals surface area contributed by atoms with Gasteiger partial charge in [-0.3, -0.25) is 4.79 Å². The largest absolute Gasteiger partial charge is 0.370 e. The highest BCUT2D eigenvalue weighted by molar-refractivity contribution is 7.99. The van der Waals surface area contributed by atoms with Crippen molar-refractivity contribution in [1.82, 2.24) is 9.97 Å². The average Bonchev–Trinajstić information content (AvgIpc) is 2.73. The molecular weight excluding hydrogens is 370 g/mol. The van der Waals surface area contributed by atoms with E-state index in [0.29, 0.717) is 11.7 Å². The molecule has 0 aliphatic heterocycles. The minimum atomic E-state index is -0.0757. The van der Waals surface area contributed by atoms with Crippen molar-refractivity contribution in [3.05, 3.63) is 54.6 Å². The molecule has 0 atom stereocenters. The number of hydrogen-bond acceptors (Lipinski definition) is 6. The Bertz CT molecular complexity index is 987. The minimum absolute atomic E-state index is 0.0757. The second kappa shape index (κ2) is 9.72. The third-order valence-corrected chi connectivity index (χ3v) is 4.90. The van der Waals surface area contributed by atoms with Crippen molar-refractivity contribution in [3.8, 4) is 6.07 Å². The fourth-order valence-corrected chi connectivity index (χ4v) is 3.52. The molecule has 3 rings (SSSR count). The first-order chi connectivity index (χ1) is 13.7. The zero-order chi connectivity index (χ0) is 19.8. The molecule has 1 aromatic heterocycles. The van der Waals surface area contributed by atoms with E-state index in [1.54, 1.807) is 4.90 Å². The number of aromatic nitrogens is 2. The van der Waals surface area contributed by atoms with E-state index >= 15 is 0 Å². The molecule has 0 unspecified atom stereocenters. The summed E-state index contributed by atoms with van der Waals surface area (Å²) in [6.45, 7) is 3.13. The van der Waals surface area contributed by atoms with Crippen molar-refractivity contribution in [3.63, 3.8) is 0 Å². The number of nitrogens with one attached hydrogen (secondary N) is 1. The van der Waals surface area contributed by atoms with Crippen molar-refractivity contribution in [1.29, 1.82) is 5.26 Å². The number of rotatable bonds is 8. The van der Waals surface area contributed by atoms with E-state index in [-0.39, 0.29) is 18.1 Å². The normalized spacial score (nSPS) is 10.4. The van der Waals surface area contributed by atoms with Gasteiger partial charge in [-0.2, -0.15) is 5.26 Å². The van der Waals surface area contributed by atoms with Gasteiger partial charge in [-0.1, -0.05) is 42.1 Å². The molecule has 0 aliphatic carbocycles. The molecule has 2 aromatic carbocycles. The van der Waals surface area contributed by atoms with Gasteiger partial charge in [0.05, 0.1) is 23.8 Å². The van der Waals surface area contributed by atoms with E-state index in [4.69, 9.17) is 5.26 Å². The summed E-state index contributed by atoms with van der Waals surface area (Å²) in [5.74, 6) is 0.894. The van der Waals surface area contributed by atoms with E-state index in [1.807, 2.05) is 61.5 Å². The Morgan fingerprint density at radius 2 is 1.89 bits per heavy atom. The van der Waals surface area contributed by atoms with E-state index < -0.39 is 0 Å². The molecule has 7 heteroatoms. The standard InChI is InChI=1S/C21H21N5OS/c1-2-23-20-17-11-6-7-12-18(17)24-21(25-20)28-15-19(27)26(14-8-13-22)16-9-4-3-5-10-16/h3-7,9-12H,2,8,14-15H2,1H3,(H,23,24,25). The third kappa shape index (κ3) is 4.78. The molecule has 142 valence electrons. The lowest BCUT2D eigenvalue weighted by atomic mass is 10.2. The van der Waals surface area contributed by atoms with Crippen molar-refractivity contribution >= 4 is 40.1 Å². The Kier molecular flexibility index (Phi) is 6.82. The number of benzene rings is 2. The lowest BCUT2D eigenvalue weighted by Crippen LogP contribution is -2.33. The average molecular weight is 392 g/mol. The van der Waals surface area contributed by atoms with Crippen LogP contribution in [0.2, 0.25) is 0 Å². The monoisotopic (exact) mass is 391 g/mol. The smallest absolute Gasteiger partial charge is 0.237 e. The molecule has 28 heavy (non-hydrogen) atoms. The van der Waals surface area contributed by atoms with Gasteiger partial charge >= 0.3 is 0 Å². The molecule has 1 N–H and O–H groups in total. The van der Waals surface area contributed by atoms with Gasteiger partial charge in [0.25, 0.3) is 0 Å². The molecule has 0 fully saturated rings. The van der Waals surface area contributed by atoms with E-state index in [1.165, 1.54) is 11.8 Å². The fraction of sp³-hybridized carbons (Fsp3) is 0.238. The predicted molar refractivity (Wildman–Crippen MR) is 113 cm³/mol. The third-order valence-electron chi connectivity index (χ3n) is 4.07. The van der Waals surface area contributed by atoms with Gasteiger partial charge < -0.3 is 10.2 Å². The summed E-state index contributed by atoms with van der Waals surface area (Å²) in [6, 6.07) is 19.3. The van der Waals surface area contributed by atoms with Crippen LogP contribution in [0.3, 0.4) is 0 Å². The first-order valence-corrected chi connectivity index (χ1v) is 10.1. The highest BCUT2D eigenvalue weighted by Crippen LogP contribution is 2.25. The zero-order valence-electron chi connectivity index (χ0n) is 15.6. The number of carbonyl (C=O) groups excluding carboxylic acids is 1. The molecular formula is C21H21N5OS. The van der Waals surface area contributed by atoms with Crippen LogP contribution in [0.15, 0.2) is 59.8 Å². The number of carbonyl (C=O) groups is 1. The van der Waals surface area contributed by atoms with Gasteiger partial charge in [0.2, 0.25) is 5.91 Å². The first-order valence-electron chi connectivity index (χ1n) is 9.08. The molecule has 6 nitrogen and oxygen atoms in total. The second-order valence-electron chi connectivity index (χ2n) is 5.98. The number of hydrogen-bond donors (Lipinski definition) is 1. The molecule has 0 spiro atoms. The van der Waals surface area contributed by atoms with Gasteiger partial charge in [-0.25, -0.2) is 9.97 Å². The number of thioether (sulfide) groups is 1. The molecule has 0 saturated carbocycles. The fourth-order valence-electron chi connectivity index (χ4n) is 2.79. The first kappa shape index (κ1) is 19.6. The number of amides is 1. The van der Waals surface area contributed by atoms with Crippen molar-refractivity contribution < 1.29 is 4.79 Å². The molecule has 0 radical (unpaired) electrons. The van der Waals surface area contributed by atoms with Gasteiger partial charge in [0, 0.05) is 24.2 Å². The minimum Gasteiger partial charge on any atom is -0.370 e. The van der Waals surface area contributed by atoms with Gasteiger partial charge in [0.15, 0.2) is 5.16 Å². The van der Waals surface area contributed by atoms with E-state index in [9.17, 15) is 4.79 Å². The lowest BCUT2D eigenvalue weighted by molar-refractivity contribution is -0.116. The number of fused-ring (bicyclic) bond motifs is 1. The van der Waals surface area contributed by atoms with Crippen LogP contribution in [0.4, 0.5) is 11.5 Å². The van der Waals surface area contributed by atoms with E-state index in [2.05, 4.69) is 21.4 Å². The molecule has 0 saturated heterocycles. The molecule has 1 amide bonds. The summed E-state index contributed by atoms with van der Waals surface area (Å²) in [5, 5.41) is 13.7. The maximum atomic E-state index is 12.8. The number of nitrogens with zero attached hydrogens (tertiary/aromatic N) is 4. The SMILES string of the molecule is CCNc1nc(SCC(=O)N(CCC#N)c2ccccc2)nc2ccccc12. The molecule has 0 aliphatic rings. The Balaban J connectivity index is 1.78. The number of nitriles is 1. The van der Waals surface area contributed by atoms with Gasteiger partial charge in [0.1, 0.15) is 5.82 Å². The highest BCUT2D eigenvalue weighted by atomic mass is 32.2. The second-order valence-corrected chi connectivity index (χ2v) is 6.92. The summed E-state index contributed by atoms with van der Waals surface area (Å²) in [4.78, 5) is 23.6. The van der Waals surface area contributed by atoms with Crippen LogP contribution in [0.25, 0.3) is 10.9 Å². The Hall–Kier alpha value is -3.11. The van der Waals surface area contributed by atoms with Crippen LogP contribution < -0.4 is 10.2 Å². The van der Waals surface area contributed by atoms with Gasteiger partial charge in [-0.05, 0) is 31.2 Å². The summed E-state index contributed by atoms with van der Waals surface area (Å²) >= 11 is 1.30. The molecule has 0 bridgehead atoms. The summed E-state index contributed by atoms with van der Waals surface area (Å²) in [5.41, 5.74) is 1.63.